The van der Waals surface area contributed by atoms with Crippen molar-refractivity contribution in [1.29, 1.82) is 0 Å². The average Bonchev–Trinajstić information content (AvgIpc) is 3.45. The molecule has 1 fully saturated rings. The summed E-state index contributed by atoms with van der Waals surface area (Å²) < 4.78 is 7.41. The van der Waals surface area contributed by atoms with Crippen molar-refractivity contribution in [3.63, 3.8) is 0 Å². The number of amides is 1. The fourth-order valence-electron chi connectivity index (χ4n) is 3.47. The van der Waals surface area contributed by atoms with Crippen molar-refractivity contribution in [3.05, 3.63) is 54.4 Å². The van der Waals surface area contributed by atoms with Crippen LogP contribution in [-0.4, -0.2) is 40.4 Å². The predicted molar refractivity (Wildman–Crippen MR) is 114 cm³/mol. The minimum absolute atomic E-state index is 0.0367. The molecule has 1 unspecified atom stereocenters. The fraction of sp³-hybridized carbons (Fsp3) is 0.381. The van der Waals surface area contributed by atoms with Crippen LogP contribution < -0.4 is 15.0 Å². The summed E-state index contributed by atoms with van der Waals surface area (Å²) in [6.07, 6.45) is 5.78. The van der Waals surface area contributed by atoms with E-state index in [9.17, 15) is 4.79 Å². The summed E-state index contributed by atoms with van der Waals surface area (Å²) in [5.41, 5.74) is 1.06. The van der Waals surface area contributed by atoms with Crippen molar-refractivity contribution >= 4 is 22.4 Å². The smallest absolute Gasteiger partial charge is 0.225 e. The molecular weight excluding hydrogens is 386 g/mol. The number of aromatic nitrogens is 3. The number of ether oxygens (including phenoxy) is 1. The summed E-state index contributed by atoms with van der Waals surface area (Å²) in [5.74, 6) is 0.908. The Hall–Kier alpha value is -2.87. The van der Waals surface area contributed by atoms with Crippen molar-refractivity contribution < 1.29 is 9.53 Å². The van der Waals surface area contributed by atoms with Crippen LogP contribution in [0.5, 0.6) is 5.75 Å². The molecule has 1 atom stereocenters. The number of anilines is 1. The predicted octanol–water partition coefficient (Wildman–Crippen LogP) is 3.26. The van der Waals surface area contributed by atoms with Gasteiger partial charge in [-0.05, 0) is 49.6 Å². The Morgan fingerprint density at radius 3 is 2.72 bits per heavy atom. The van der Waals surface area contributed by atoms with E-state index in [4.69, 9.17) is 4.74 Å². The largest absolute Gasteiger partial charge is 0.494 e. The highest BCUT2D eigenvalue weighted by Crippen LogP contribution is 2.28. The summed E-state index contributed by atoms with van der Waals surface area (Å²) in [7, 11) is 0. The Morgan fingerprint density at radius 2 is 1.97 bits per heavy atom. The van der Waals surface area contributed by atoms with Crippen molar-refractivity contribution in [3.8, 4) is 10.9 Å². The Kier molecular flexibility index (Phi) is 6.09. The Balaban J connectivity index is 1.32. The lowest BCUT2D eigenvalue weighted by atomic mass is 9.97. The van der Waals surface area contributed by atoms with E-state index in [1.54, 1.807) is 11.3 Å². The topological polar surface area (TPSA) is 72.3 Å². The van der Waals surface area contributed by atoms with Crippen LogP contribution in [0.3, 0.4) is 0 Å². The van der Waals surface area contributed by atoms with Crippen molar-refractivity contribution in [1.82, 2.24) is 20.1 Å². The Labute approximate surface area is 174 Å². The highest BCUT2D eigenvalue weighted by atomic mass is 32.1. The molecule has 29 heavy (non-hydrogen) atoms. The first-order chi connectivity index (χ1) is 14.2. The maximum absolute atomic E-state index is 12.7. The fourth-order valence-corrected chi connectivity index (χ4v) is 4.32. The highest BCUT2D eigenvalue weighted by Gasteiger charge is 2.27. The van der Waals surface area contributed by atoms with Crippen LogP contribution >= 0.6 is 11.3 Å². The summed E-state index contributed by atoms with van der Waals surface area (Å²) in [6, 6.07) is 11.8. The lowest BCUT2D eigenvalue weighted by molar-refractivity contribution is -0.125. The number of nitrogens with zero attached hydrogens (tertiary/aromatic N) is 4. The van der Waals surface area contributed by atoms with Crippen molar-refractivity contribution in [2.45, 2.75) is 26.3 Å². The third-order valence-corrected chi connectivity index (χ3v) is 5.99. The molecule has 0 saturated carbocycles. The van der Waals surface area contributed by atoms with Gasteiger partial charge < -0.3 is 15.0 Å². The van der Waals surface area contributed by atoms with Crippen LogP contribution in [0.25, 0.3) is 5.13 Å². The quantitative estimate of drug-likeness (QED) is 0.646. The van der Waals surface area contributed by atoms with E-state index >= 15 is 0 Å². The molecule has 1 amide bonds. The van der Waals surface area contributed by atoms with E-state index in [2.05, 4.69) is 20.4 Å². The molecule has 8 heteroatoms. The second kappa shape index (κ2) is 9.09. The minimum Gasteiger partial charge on any atom is -0.494 e. The van der Waals surface area contributed by atoms with Gasteiger partial charge >= 0.3 is 0 Å². The first-order valence-corrected chi connectivity index (χ1v) is 10.8. The first kappa shape index (κ1) is 19.4. The van der Waals surface area contributed by atoms with E-state index in [0.717, 1.165) is 41.0 Å². The third-order valence-electron chi connectivity index (χ3n) is 4.99. The van der Waals surface area contributed by atoms with Gasteiger partial charge in [-0.1, -0.05) is 23.5 Å². The monoisotopic (exact) mass is 411 g/mol. The van der Waals surface area contributed by atoms with Gasteiger partial charge in [0.1, 0.15) is 5.75 Å². The minimum atomic E-state index is -0.0367. The molecule has 1 saturated heterocycles. The van der Waals surface area contributed by atoms with Gasteiger partial charge in [-0.3, -0.25) is 9.36 Å². The molecule has 0 spiro atoms. The molecule has 1 aliphatic heterocycles. The standard InChI is InChI=1S/C21H25N5O2S/c1-2-28-18-9-7-16(8-10-18)14-22-19(27)17-6-5-13-26(15-17)21-24-23-20(29-21)25-11-3-4-12-25/h3-4,7-12,17H,2,5-6,13-15H2,1H3,(H,22,27). The second-order valence-electron chi connectivity index (χ2n) is 7.04. The zero-order valence-corrected chi connectivity index (χ0v) is 17.3. The van der Waals surface area contributed by atoms with Crippen LogP contribution in [0, 0.1) is 5.92 Å². The van der Waals surface area contributed by atoms with Gasteiger partial charge in [-0.2, -0.15) is 0 Å². The number of hydrogen-bond acceptors (Lipinski definition) is 6. The molecule has 1 aliphatic rings. The molecule has 152 valence electrons. The zero-order chi connectivity index (χ0) is 20.1. The number of carbonyl (C=O) groups excluding carboxylic acids is 1. The first-order valence-electron chi connectivity index (χ1n) is 9.94. The highest BCUT2D eigenvalue weighted by molar-refractivity contribution is 7.17. The number of carbonyl (C=O) groups is 1. The zero-order valence-electron chi connectivity index (χ0n) is 16.5. The number of piperidine rings is 1. The van der Waals surface area contributed by atoms with E-state index < -0.39 is 0 Å². The molecule has 0 bridgehead atoms. The Morgan fingerprint density at radius 1 is 1.21 bits per heavy atom. The lowest BCUT2D eigenvalue weighted by Crippen LogP contribution is -2.43. The SMILES string of the molecule is CCOc1ccc(CNC(=O)C2CCCN(c3nnc(-n4cccc4)s3)C2)cc1. The van der Waals surface area contributed by atoms with Gasteiger partial charge in [-0.25, -0.2) is 0 Å². The van der Waals surface area contributed by atoms with Crippen LogP contribution in [-0.2, 0) is 11.3 Å². The van der Waals surface area contributed by atoms with E-state index in [0.29, 0.717) is 19.7 Å². The van der Waals surface area contributed by atoms with Gasteiger partial charge in [0.05, 0.1) is 12.5 Å². The molecule has 0 aliphatic carbocycles. The van der Waals surface area contributed by atoms with E-state index in [1.807, 2.05) is 60.3 Å². The number of rotatable bonds is 7. The molecule has 1 N–H and O–H groups in total. The molecule has 7 nitrogen and oxygen atoms in total. The molecular formula is C21H25N5O2S. The summed E-state index contributed by atoms with van der Waals surface area (Å²) in [4.78, 5) is 14.9. The normalized spacial score (nSPS) is 16.6. The maximum atomic E-state index is 12.7. The third kappa shape index (κ3) is 4.76. The van der Waals surface area contributed by atoms with E-state index in [1.165, 1.54) is 0 Å². The van der Waals surface area contributed by atoms with Gasteiger partial charge in [0.25, 0.3) is 0 Å². The lowest BCUT2D eigenvalue weighted by Gasteiger charge is -2.31. The van der Waals surface area contributed by atoms with Crippen LogP contribution in [0.1, 0.15) is 25.3 Å². The molecule has 4 rings (SSSR count). The number of hydrogen-bond donors (Lipinski definition) is 1. The summed E-state index contributed by atoms with van der Waals surface area (Å²) >= 11 is 1.55. The summed E-state index contributed by atoms with van der Waals surface area (Å²) in [5, 5.41) is 13.4. The van der Waals surface area contributed by atoms with E-state index in [-0.39, 0.29) is 11.8 Å². The van der Waals surface area contributed by atoms with Crippen LogP contribution in [0.4, 0.5) is 5.13 Å². The molecule has 1 aromatic carbocycles. The van der Waals surface area contributed by atoms with Crippen molar-refractivity contribution in [2.24, 2.45) is 5.92 Å². The summed E-state index contributed by atoms with van der Waals surface area (Å²) in [6.45, 7) is 4.72. The molecule has 3 heterocycles. The maximum Gasteiger partial charge on any atom is 0.225 e. The van der Waals surface area contributed by atoms with Crippen LogP contribution in [0.15, 0.2) is 48.8 Å². The molecule has 0 radical (unpaired) electrons. The average molecular weight is 412 g/mol. The second-order valence-corrected chi connectivity index (χ2v) is 7.97. The number of nitrogens with one attached hydrogen (secondary N) is 1. The van der Waals surface area contributed by atoms with Crippen LogP contribution in [0.2, 0.25) is 0 Å². The van der Waals surface area contributed by atoms with Gasteiger partial charge in [0.15, 0.2) is 0 Å². The van der Waals surface area contributed by atoms with Gasteiger partial charge in [-0.15, -0.1) is 10.2 Å². The van der Waals surface area contributed by atoms with Gasteiger partial charge in [0, 0.05) is 32.0 Å². The number of benzene rings is 1. The van der Waals surface area contributed by atoms with Gasteiger partial charge in [0.2, 0.25) is 16.2 Å². The molecule has 2 aromatic heterocycles. The Bertz CT molecular complexity index is 923. The van der Waals surface area contributed by atoms with Crippen molar-refractivity contribution in [2.75, 3.05) is 24.6 Å². The molecule has 3 aromatic rings.